The summed E-state index contributed by atoms with van der Waals surface area (Å²) in [7, 11) is 0. The van der Waals surface area contributed by atoms with Gasteiger partial charge in [-0.25, -0.2) is 9.47 Å². The topological polar surface area (TPSA) is 112 Å². The molecule has 3 rings (SSSR count). The van der Waals surface area contributed by atoms with Crippen LogP contribution >= 0.6 is 11.8 Å². The van der Waals surface area contributed by atoms with E-state index >= 15 is 0 Å². The quantitative estimate of drug-likeness (QED) is 0.413. The van der Waals surface area contributed by atoms with Crippen molar-refractivity contribution in [3.8, 4) is 0 Å². The van der Waals surface area contributed by atoms with E-state index in [9.17, 15) is 9.59 Å². The van der Waals surface area contributed by atoms with Crippen molar-refractivity contribution in [1.29, 1.82) is 0 Å². The van der Waals surface area contributed by atoms with Gasteiger partial charge in [-0.3, -0.25) is 4.79 Å². The maximum Gasteiger partial charge on any atom is 0.338 e. The molecule has 1 fully saturated rings. The molecule has 26 heavy (non-hydrogen) atoms. The highest BCUT2D eigenvalue weighted by molar-refractivity contribution is 7.99. The lowest BCUT2D eigenvalue weighted by molar-refractivity contribution is -0.113. The molecule has 1 amide bonds. The molecule has 0 unspecified atom stereocenters. The highest BCUT2D eigenvalue weighted by atomic mass is 32.2. The van der Waals surface area contributed by atoms with E-state index in [2.05, 4.69) is 15.5 Å². The van der Waals surface area contributed by atoms with Gasteiger partial charge in [0, 0.05) is 11.6 Å². The molecular weight excluding hydrogens is 354 g/mol. The van der Waals surface area contributed by atoms with Crippen LogP contribution in [-0.4, -0.2) is 39.1 Å². The Kier molecular flexibility index (Phi) is 5.77. The van der Waals surface area contributed by atoms with Crippen LogP contribution in [0.5, 0.6) is 0 Å². The van der Waals surface area contributed by atoms with Gasteiger partial charge in [-0.2, -0.15) is 0 Å². The molecular formula is C17H21N5O3S. The van der Waals surface area contributed by atoms with Crippen molar-refractivity contribution in [2.24, 2.45) is 0 Å². The fourth-order valence-electron chi connectivity index (χ4n) is 2.30. The predicted octanol–water partition coefficient (Wildman–Crippen LogP) is 2.17. The van der Waals surface area contributed by atoms with Crippen molar-refractivity contribution in [2.45, 2.75) is 37.3 Å². The Morgan fingerprint density at radius 2 is 2.04 bits per heavy atom. The molecule has 9 heteroatoms. The molecule has 0 radical (unpaired) electrons. The Bertz CT molecular complexity index is 786. The summed E-state index contributed by atoms with van der Waals surface area (Å²) in [6, 6.07) is 6.59. The number of esters is 1. The minimum Gasteiger partial charge on any atom is -0.462 e. The van der Waals surface area contributed by atoms with Crippen molar-refractivity contribution < 1.29 is 14.3 Å². The zero-order valence-corrected chi connectivity index (χ0v) is 15.3. The van der Waals surface area contributed by atoms with E-state index in [0.717, 1.165) is 25.1 Å². The maximum atomic E-state index is 12.1. The minimum absolute atomic E-state index is 0.167. The van der Waals surface area contributed by atoms with E-state index in [1.165, 1.54) is 16.4 Å². The average Bonchev–Trinajstić information content (AvgIpc) is 3.42. The van der Waals surface area contributed by atoms with Gasteiger partial charge in [0.1, 0.15) is 0 Å². The number of nitrogens with one attached hydrogen (secondary N) is 1. The molecule has 0 aliphatic heterocycles. The summed E-state index contributed by atoms with van der Waals surface area (Å²) in [6.45, 7) is 2.33. The number of amides is 1. The zero-order valence-electron chi connectivity index (χ0n) is 14.5. The van der Waals surface area contributed by atoms with Gasteiger partial charge in [-0.15, -0.1) is 10.2 Å². The van der Waals surface area contributed by atoms with Crippen molar-refractivity contribution in [3.05, 3.63) is 35.7 Å². The van der Waals surface area contributed by atoms with Gasteiger partial charge in [0.25, 0.3) is 0 Å². The normalized spacial score (nSPS) is 13.4. The van der Waals surface area contributed by atoms with Crippen LogP contribution in [0.2, 0.25) is 0 Å². The summed E-state index contributed by atoms with van der Waals surface area (Å²) >= 11 is 1.24. The molecule has 0 bridgehead atoms. The smallest absolute Gasteiger partial charge is 0.338 e. The molecule has 1 aromatic heterocycles. The number of hydrogen-bond acceptors (Lipinski definition) is 7. The first-order valence-corrected chi connectivity index (χ1v) is 9.47. The zero-order chi connectivity index (χ0) is 18.5. The number of ether oxygens (including phenoxy) is 1. The second kappa shape index (κ2) is 8.22. The highest BCUT2D eigenvalue weighted by Gasteiger charge is 2.30. The van der Waals surface area contributed by atoms with Crippen LogP contribution in [0.1, 0.15) is 48.3 Å². The second-order valence-electron chi connectivity index (χ2n) is 6.04. The number of hydrogen-bond donors (Lipinski definition) is 2. The van der Waals surface area contributed by atoms with Crippen LogP contribution in [0.4, 0.5) is 5.69 Å². The summed E-state index contributed by atoms with van der Waals surface area (Å²) in [6.07, 6.45) is 2.95. The van der Waals surface area contributed by atoms with E-state index in [-0.39, 0.29) is 17.6 Å². The first-order chi connectivity index (χ1) is 12.6. The van der Waals surface area contributed by atoms with E-state index in [0.29, 0.717) is 28.9 Å². The summed E-state index contributed by atoms with van der Waals surface area (Å²) in [4.78, 5) is 23.8. The number of aromatic nitrogens is 3. The van der Waals surface area contributed by atoms with Crippen molar-refractivity contribution in [3.63, 3.8) is 0 Å². The third-order valence-electron chi connectivity index (χ3n) is 3.81. The first-order valence-electron chi connectivity index (χ1n) is 8.48. The number of anilines is 1. The summed E-state index contributed by atoms with van der Waals surface area (Å²) in [5, 5.41) is 11.4. The van der Waals surface area contributed by atoms with E-state index in [1.54, 1.807) is 24.3 Å². The molecule has 0 atom stereocenters. The first kappa shape index (κ1) is 18.2. The fourth-order valence-corrected chi connectivity index (χ4v) is 2.97. The van der Waals surface area contributed by atoms with Crippen molar-refractivity contribution in [1.82, 2.24) is 14.9 Å². The number of carbonyl (C=O) groups excluding carboxylic acids is 2. The van der Waals surface area contributed by atoms with E-state index in [4.69, 9.17) is 10.6 Å². The molecule has 0 saturated heterocycles. The number of rotatable bonds is 8. The van der Waals surface area contributed by atoms with Crippen molar-refractivity contribution in [2.75, 3.05) is 23.5 Å². The second-order valence-corrected chi connectivity index (χ2v) is 6.98. The Morgan fingerprint density at radius 1 is 1.31 bits per heavy atom. The molecule has 1 saturated carbocycles. The van der Waals surface area contributed by atoms with Gasteiger partial charge in [-0.05, 0) is 43.5 Å². The van der Waals surface area contributed by atoms with Gasteiger partial charge in [-0.1, -0.05) is 18.7 Å². The van der Waals surface area contributed by atoms with Crippen LogP contribution in [0.3, 0.4) is 0 Å². The lowest BCUT2D eigenvalue weighted by Gasteiger charge is -2.07. The van der Waals surface area contributed by atoms with E-state index in [1.807, 2.05) is 6.92 Å². The van der Waals surface area contributed by atoms with Gasteiger partial charge < -0.3 is 15.9 Å². The lowest BCUT2D eigenvalue weighted by atomic mass is 10.2. The van der Waals surface area contributed by atoms with E-state index < -0.39 is 0 Å². The number of nitrogen functional groups attached to an aromatic ring is 1. The van der Waals surface area contributed by atoms with Gasteiger partial charge in [0.15, 0.2) is 5.82 Å². The Balaban J connectivity index is 1.49. The van der Waals surface area contributed by atoms with Crippen LogP contribution in [0.15, 0.2) is 29.4 Å². The van der Waals surface area contributed by atoms with Gasteiger partial charge in [0.05, 0.1) is 17.9 Å². The molecule has 1 aliphatic rings. The number of thioether (sulfide) groups is 1. The molecule has 0 spiro atoms. The Morgan fingerprint density at radius 3 is 2.69 bits per heavy atom. The third kappa shape index (κ3) is 4.54. The third-order valence-corrected chi connectivity index (χ3v) is 4.75. The molecule has 138 valence electrons. The summed E-state index contributed by atoms with van der Waals surface area (Å²) in [5.74, 6) is 6.75. The Hall–Kier alpha value is -2.55. The number of nitrogens with zero attached hydrogens (tertiary/aromatic N) is 3. The van der Waals surface area contributed by atoms with Crippen molar-refractivity contribution >= 4 is 29.3 Å². The molecule has 1 heterocycles. The predicted molar refractivity (Wildman–Crippen MR) is 98.5 cm³/mol. The molecule has 1 aromatic carbocycles. The largest absolute Gasteiger partial charge is 0.462 e. The highest BCUT2D eigenvalue weighted by Crippen LogP contribution is 2.39. The van der Waals surface area contributed by atoms with Crippen LogP contribution in [0.25, 0.3) is 0 Å². The molecule has 8 nitrogen and oxygen atoms in total. The number of nitrogens with two attached hydrogens (primary N) is 1. The van der Waals surface area contributed by atoms with Crippen LogP contribution in [-0.2, 0) is 9.53 Å². The number of carbonyl (C=O) groups is 2. The lowest BCUT2D eigenvalue weighted by Crippen LogP contribution is -2.17. The van der Waals surface area contributed by atoms with Gasteiger partial charge >= 0.3 is 5.97 Å². The SMILES string of the molecule is CCCOC(=O)c1ccc(NC(=O)CSc2nnc(C3CC3)n2N)cc1. The monoisotopic (exact) mass is 375 g/mol. The number of benzene rings is 1. The maximum absolute atomic E-state index is 12.1. The van der Waals surface area contributed by atoms with Crippen LogP contribution in [0, 0.1) is 0 Å². The summed E-state index contributed by atoms with van der Waals surface area (Å²) < 4.78 is 6.53. The van der Waals surface area contributed by atoms with Gasteiger partial charge in [0.2, 0.25) is 11.1 Å². The molecule has 3 N–H and O–H groups in total. The molecule has 1 aliphatic carbocycles. The minimum atomic E-state index is -0.367. The average molecular weight is 375 g/mol. The molecule has 2 aromatic rings. The van der Waals surface area contributed by atoms with Crippen LogP contribution < -0.4 is 11.2 Å². The Labute approximate surface area is 155 Å². The summed E-state index contributed by atoms with van der Waals surface area (Å²) in [5.41, 5.74) is 1.06. The fraction of sp³-hybridized carbons (Fsp3) is 0.412. The standard InChI is InChI=1S/C17H21N5O3S/c1-2-9-25-16(24)12-5-7-13(8-6-12)19-14(23)10-26-17-21-20-15(22(17)18)11-3-4-11/h5-8,11H,2-4,9-10,18H2,1H3,(H,19,23).